The first-order valence-electron chi connectivity index (χ1n) is 9.23. The van der Waals surface area contributed by atoms with Gasteiger partial charge in [-0.15, -0.1) is 0 Å². The smallest absolute Gasteiger partial charge is 0.275 e. The zero-order valence-electron chi connectivity index (χ0n) is 15.9. The summed E-state index contributed by atoms with van der Waals surface area (Å²) >= 11 is 0. The van der Waals surface area contributed by atoms with Gasteiger partial charge in [0.2, 0.25) is 0 Å². The van der Waals surface area contributed by atoms with Gasteiger partial charge in [0.15, 0.2) is 0 Å². The minimum atomic E-state index is -0.293. The van der Waals surface area contributed by atoms with Gasteiger partial charge in [-0.1, -0.05) is 44.2 Å². The molecule has 1 heterocycles. The summed E-state index contributed by atoms with van der Waals surface area (Å²) in [6.07, 6.45) is 3.72. The molecule has 0 aliphatic carbocycles. The quantitative estimate of drug-likeness (QED) is 0.628. The Bertz CT molecular complexity index is 924. The summed E-state index contributed by atoms with van der Waals surface area (Å²) in [5, 5.41) is 6.05. The van der Waals surface area contributed by atoms with E-state index in [-0.39, 0.29) is 17.4 Å². The van der Waals surface area contributed by atoms with Gasteiger partial charge in [0.05, 0.1) is 12.4 Å². The number of rotatable bonds is 7. The average molecular weight is 378 g/mol. The van der Waals surface area contributed by atoms with E-state index >= 15 is 0 Å². The molecule has 0 aliphatic heterocycles. The van der Waals surface area contributed by atoms with E-state index in [2.05, 4.69) is 34.4 Å². The fraction of sp³-hybridized carbons (Fsp3) is 0.227. The van der Waals surface area contributed by atoms with Gasteiger partial charge in [0.25, 0.3) is 5.91 Å². The van der Waals surface area contributed by atoms with Crippen molar-refractivity contribution in [3.05, 3.63) is 83.6 Å². The molecule has 6 heteroatoms. The van der Waals surface area contributed by atoms with E-state index in [4.69, 9.17) is 0 Å². The Morgan fingerprint density at radius 1 is 1.04 bits per heavy atom. The number of nitrogens with zero attached hydrogens (tertiary/aromatic N) is 2. The molecule has 5 nitrogen and oxygen atoms in total. The van der Waals surface area contributed by atoms with Gasteiger partial charge in [-0.05, 0) is 41.7 Å². The second-order valence-electron chi connectivity index (χ2n) is 6.79. The number of halogens is 1. The lowest BCUT2D eigenvalue weighted by molar-refractivity contribution is 0.102. The van der Waals surface area contributed by atoms with Gasteiger partial charge >= 0.3 is 0 Å². The zero-order chi connectivity index (χ0) is 19.9. The summed E-state index contributed by atoms with van der Waals surface area (Å²) in [4.78, 5) is 20.9. The first-order chi connectivity index (χ1) is 13.5. The summed E-state index contributed by atoms with van der Waals surface area (Å²) in [6, 6.07) is 14.1. The molecule has 3 rings (SSSR count). The molecule has 144 valence electrons. The number of carbonyl (C=O) groups is 1. The van der Waals surface area contributed by atoms with E-state index in [9.17, 15) is 9.18 Å². The van der Waals surface area contributed by atoms with Gasteiger partial charge in [0.1, 0.15) is 17.3 Å². The van der Waals surface area contributed by atoms with Gasteiger partial charge in [-0.3, -0.25) is 4.79 Å². The number of nitrogens with one attached hydrogen (secondary N) is 2. The third-order valence-corrected chi connectivity index (χ3v) is 4.35. The summed E-state index contributed by atoms with van der Waals surface area (Å²) in [6.45, 7) is 4.79. The lowest BCUT2D eigenvalue weighted by Crippen LogP contribution is -2.16. The average Bonchev–Trinajstić information content (AvgIpc) is 2.70. The molecule has 28 heavy (non-hydrogen) atoms. The second-order valence-corrected chi connectivity index (χ2v) is 6.79. The lowest BCUT2D eigenvalue weighted by Gasteiger charge is -2.13. The van der Waals surface area contributed by atoms with Crippen LogP contribution in [0.5, 0.6) is 0 Å². The molecule has 0 aliphatic rings. The largest absolute Gasteiger partial charge is 0.368 e. The summed E-state index contributed by atoms with van der Waals surface area (Å²) < 4.78 is 12.9. The standard InChI is InChI=1S/C22H23FN4O/c1-15(2)18-5-3-4-6-19(18)27-22(28)20-13-26-21(14-25-20)24-12-11-16-7-9-17(23)10-8-16/h3-10,13-15H,11-12H2,1-2H3,(H,24,26)(H,27,28). The lowest BCUT2D eigenvalue weighted by atomic mass is 10.0. The minimum absolute atomic E-state index is 0.243. The van der Waals surface area contributed by atoms with Crippen LogP contribution in [0.1, 0.15) is 41.4 Å². The predicted molar refractivity (Wildman–Crippen MR) is 109 cm³/mol. The molecule has 0 atom stereocenters. The van der Waals surface area contributed by atoms with Gasteiger partial charge in [-0.25, -0.2) is 14.4 Å². The molecule has 0 radical (unpaired) electrons. The van der Waals surface area contributed by atoms with Crippen LogP contribution in [-0.2, 0) is 6.42 Å². The highest BCUT2D eigenvalue weighted by Crippen LogP contribution is 2.24. The summed E-state index contributed by atoms with van der Waals surface area (Å²) in [5.74, 6) is 0.349. The van der Waals surface area contributed by atoms with Crippen molar-refractivity contribution in [2.45, 2.75) is 26.2 Å². The van der Waals surface area contributed by atoms with E-state index in [0.29, 0.717) is 18.3 Å². The molecular formula is C22H23FN4O. The van der Waals surface area contributed by atoms with Gasteiger partial charge in [-0.2, -0.15) is 0 Å². The maximum absolute atomic E-state index is 12.9. The van der Waals surface area contributed by atoms with Crippen molar-refractivity contribution in [2.24, 2.45) is 0 Å². The van der Waals surface area contributed by atoms with E-state index in [1.165, 1.54) is 24.5 Å². The predicted octanol–water partition coefficient (Wildman–Crippen LogP) is 4.65. The number of aromatic nitrogens is 2. The highest BCUT2D eigenvalue weighted by Gasteiger charge is 2.12. The fourth-order valence-electron chi connectivity index (χ4n) is 2.82. The number of hydrogen-bond acceptors (Lipinski definition) is 4. The Morgan fingerprint density at radius 3 is 2.46 bits per heavy atom. The van der Waals surface area contributed by atoms with E-state index in [0.717, 1.165) is 23.2 Å². The third kappa shape index (κ3) is 5.13. The van der Waals surface area contributed by atoms with Crippen LogP contribution in [0.25, 0.3) is 0 Å². The second kappa shape index (κ2) is 9.08. The monoisotopic (exact) mass is 378 g/mol. The number of amides is 1. The van der Waals surface area contributed by atoms with Crippen molar-refractivity contribution in [3.63, 3.8) is 0 Å². The number of anilines is 2. The van der Waals surface area contributed by atoms with Crippen LogP contribution in [0, 0.1) is 5.82 Å². The maximum atomic E-state index is 12.9. The maximum Gasteiger partial charge on any atom is 0.275 e. The van der Waals surface area contributed by atoms with Crippen molar-refractivity contribution >= 4 is 17.4 Å². The molecule has 2 N–H and O–H groups in total. The Hall–Kier alpha value is -3.28. The molecule has 0 spiro atoms. The topological polar surface area (TPSA) is 66.9 Å². The Balaban J connectivity index is 1.56. The van der Waals surface area contributed by atoms with Crippen LogP contribution in [0.2, 0.25) is 0 Å². The SMILES string of the molecule is CC(C)c1ccccc1NC(=O)c1cnc(NCCc2ccc(F)cc2)cn1. The van der Waals surface area contributed by atoms with Crippen LogP contribution >= 0.6 is 0 Å². The number of carbonyl (C=O) groups excluding carboxylic acids is 1. The van der Waals surface area contributed by atoms with E-state index < -0.39 is 0 Å². The molecular weight excluding hydrogens is 355 g/mol. The zero-order valence-corrected chi connectivity index (χ0v) is 15.9. The highest BCUT2D eigenvalue weighted by molar-refractivity contribution is 6.03. The van der Waals surface area contributed by atoms with Gasteiger partial charge in [0, 0.05) is 12.2 Å². The Morgan fingerprint density at radius 2 is 1.79 bits per heavy atom. The van der Waals surface area contributed by atoms with Crippen molar-refractivity contribution in [2.75, 3.05) is 17.2 Å². The number of hydrogen-bond donors (Lipinski definition) is 2. The summed E-state index contributed by atoms with van der Waals surface area (Å²) in [7, 11) is 0. The molecule has 0 fully saturated rings. The van der Waals surface area contributed by atoms with E-state index in [1.54, 1.807) is 12.1 Å². The van der Waals surface area contributed by atoms with E-state index in [1.807, 2.05) is 24.3 Å². The first-order valence-corrected chi connectivity index (χ1v) is 9.23. The summed E-state index contributed by atoms with van der Waals surface area (Å²) in [5.41, 5.74) is 3.14. The minimum Gasteiger partial charge on any atom is -0.368 e. The third-order valence-electron chi connectivity index (χ3n) is 4.35. The fourth-order valence-corrected chi connectivity index (χ4v) is 2.82. The highest BCUT2D eigenvalue weighted by atomic mass is 19.1. The molecule has 0 saturated heterocycles. The van der Waals surface area contributed by atoms with Crippen molar-refractivity contribution < 1.29 is 9.18 Å². The molecule has 1 aromatic heterocycles. The van der Waals surface area contributed by atoms with Crippen LogP contribution in [-0.4, -0.2) is 22.4 Å². The number of para-hydroxylation sites is 1. The molecule has 1 amide bonds. The van der Waals surface area contributed by atoms with Crippen LogP contribution in [0.4, 0.5) is 15.9 Å². The van der Waals surface area contributed by atoms with Crippen molar-refractivity contribution in [3.8, 4) is 0 Å². The van der Waals surface area contributed by atoms with Crippen LogP contribution < -0.4 is 10.6 Å². The van der Waals surface area contributed by atoms with Crippen molar-refractivity contribution in [1.82, 2.24) is 9.97 Å². The molecule has 0 bridgehead atoms. The van der Waals surface area contributed by atoms with Crippen LogP contribution in [0.15, 0.2) is 60.9 Å². The van der Waals surface area contributed by atoms with Crippen molar-refractivity contribution in [1.29, 1.82) is 0 Å². The molecule has 3 aromatic rings. The van der Waals surface area contributed by atoms with Crippen LogP contribution in [0.3, 0.4) is 0 Å². The normalized spacial score (nSPS) is 10.7. The Labute approximate surface area is 164 Å². The Kier molecular flexibility index (Phi) is 6.32. The molecule has 0 unspecified atom stereocenters. The molecule has 0 saturated carbocycles. The van der Waals surface area contributed by atoms with Gasteiger partial charge < -0.3 is 10.6 Å². The molecule has 2 aromatic carbocycles. The number of benzene rings is 2. The first kappa shape index (κ1) is 19.5.